The molecule has 6 atom stereocenters. The Labute approximate surface area is 260 Å². The van der Waals surface area contributed by atoms with E-state index in [4.69, 9.17) is 0 Å². The number of nitrogens with one attached hydrogen (secondary N) is 3. The number of nitrogens with zero attached hydrogens (tertiary/aromatic N) is 1. The van der Waals surface area contributed by atoms with Crippen LogP contribution in [-0.4, -0.2) is 31.5 Å². The topological polar surface area (TPSA) is 48.5 Å². The summed E-state index contributed by atoms with van der Waals surface area (Å²) >= 11 is 0. The van der Waals surface area contributed by atoms with Gasteiger partial charge in [-0.1, -0.05) is 96.2 Å². The van der Waals surface area contributed by atoms with Gasteiger partial charge < -0.3 is 16.0 Å². The van der Waals surface area contributed by atoms with Gasteiger partial charge in [0.1, 0.15) is 0 Å². The standard InChI is InChI=1S/C38H64N4/c1-10-32-18-22-37(30(7)25-34(26-32)14-13-23-41-31(8)24-28(4)5)35-19-16-33(17-20-35)27-42-38(39-9)29(6)15-21-36(11-2)40-12-3/h12,16-20,22,26,28-31,34,36-37,40-41H,3,10-11,13-15,21,23-25,27H2,1-2,4-9H3,(H,39,42)/b22-18-,32-26-. The van der Waals surface area contributed by atoms with Crippen LogP contribution < -0.4 is 16.0 Å². The lowest BCUT2D eigenvalue weighted by atomic mass is 9.77. The second-order valence-electron chi connectivity index (χ2n) is 13.2. The first-order chi connectivity index (χ1) is 20.2. The van der Waals surface area contributed by atoms with Gasteiger partial charge in [0, 0.05) is 37.5 Å². The van der Waals surface area contributed by atoms with E-state index in [1.54, 1.807) is 0 Å². The molecule has 2 rings (SSSR count). The first kappa shape index (κ1) is 35.9. The summed E-state index contributed by atoms with van der Waals surface area (Å²) in [6.07, 6.45) is 18.7. The number of aliphatic imine (C=N–C) groups is 1. The van der Waals surface area contributed by atoms with Gasteiger partial charge in [-0.2, -0.15) is 0 Å². The highest BCUT2D eigenvalue weighted by atomic mass is 15.0. The van der Waals surface area contributed by atoms with Gasteiger partial charge in [-0.05, 0) is 99.9 Å². The van der Waals surface area contributed by atoms with Gasteiger partial charge in [0.05, 0.1) is 5.84 Å². The molecule has 0 saturated carbocycles. The summed E-state index contributed by atoms with van der Waals surface area (Å²) < 4.78 is 0. The molecule has 0 saturated heterocycles. The van der Waals surface area contributed by atoms with Crippen molar-refractivity contribution in [1.82, 2.24) is 16.0 Å². The molecule has 4 heteroatoms. The minimum absolute atomic E-state index is 0.406. The molecule has 42 heavy (non-hydrogen) atoms. The van der Waals surface area contributed by atoms with Crippen LogP contribution in [0, 0.1) is 23.7 Å². The van der Waals surface area contributed by atoms with Crippen molar-refractivity contribution in [3.05, 3.63) is 72.0 Å². The third-order valence-corrected chi connectivity index (χ3v) is 9.07. The predicted octanol–water partition coefficient (Wildman–Crippen LogP) is 9.17. The largest absolute Gasteiger partial charge is 0.389 e. The lowest BCUT2D eigenvalue weighted by Crippen LogP contribution is -2.31. The van der Waals surface area contributed by atoms with E-state index in [9.17, 15) is 0 Å². The van der Waals surface area contributed by atoms with Crippen LogP contribution in [0.4, 0.5) is 0 Å². The molecule has 0 fully saturated rings. The van der Waals surface area contributed by atoms with E-state index in [0.29, 0.717) is 35.8 Å². The number of allylic oxidation sites excluding steroid dienone is 4. The molecule has 6 unspecified atom stereocenters. The van der Waals surface area contributed by atoms with E-state index < -0.39 is 0 Å². The lowest BCUT2D eigenvalue weighted by molar-refractivity contribution is 0.377. The number of amidine groups is 1. The average molecular weight is 577 g/mol. The Bertz CT molecular complexity index is 973. The van der Waals surface area contributed by atoms with E-state index in [0.717, 1.165) is 50.5 Å². The number of benzene rings is 1. The van der Waals surface area contributed by atoms with Gasteiger partial charge >= 0.3 is 0 Å². The second-order valence-corrected chi connectivity index (χ2v) is 13.2. The quantitative estimate of drug-likeness (QED) is 0.0927. The van der Waals surface area contributed by atoms with Crippen molar-refractivity contribution in [3.63, 3.8) is 0 Å². The van der Waals surface area contributed by atoms with Gasteiger partial charge in [0.25, 0.3) is 0 Å². The summed E-state index contributed by atoms with van der Waals surface area (Å²) in [6.45, 7) is 21.9. The van der Waals surface area contributed by atoms with E-state index in [2.05, 4.69) is 118 Å². The molecule has 0 amide bonds. The third kappa shape index (κ3) is 12.9. The monoisotopic (exact) mass is 577 g/mol. The zero-order valence-corrected chi connectivity index (χ0v) is 28.4. The van der Waals surface area contributed by atoms with Crippen LogP contribution in [-0.2, 0) is 6.54 Å². The van der Waals surface area contributed by atoms with Crippen LogP contribution in [0.1, 0.15) is 117 Å². The van der Waals surface area contributed by atoms with Crippen LogP contribution in [0.2, 0.25) is 0 Å². The zero-order chi connectivity index (χ0) is 30.9. The van der Waals surface area contributed by atoms with Crippen molar-refractivity contribution in [2.75, 3.05) is 13.6 Å². The average Bonchev–Trinajstić information content (AvgIpc) is 2.96. The summed E-state index contributed by atoms with van der Waals surface area (Å²) in [5.74, 6) is 3.98. The lowest BCUT2D eigenvalue weighted by Gasteiger charge is -2.28. The molecule has 4 nitrogen and oxygen atoms in total. The number of hydrogen-bond acceptors (Lipinski definition) is 3. The fourth-order valence-electron chi connectivity index (χ4n) is 6.53. The van der Waals surface area contributed by atoms with Crippen molar-refractivity contribution >= 4 is 5.84 Å². The van der Waals surface area contributed by atoms with Crippen LogP contribution in [0.5, 0.6) is 0 Å². The van der Waals surface area contributed by atoms with E-state index in [1.807, 2.05) is 13.2 Å². The molecule has 1 aromatic carbocycles. The summed E-state index contributed by atoms with van der Waals surface area (Å²) in [5, 5.41) is 10.7. The highest BCUT2D eigenvalue weighted by Crippen LogP contribution is 2.35. The molecule has 0 aromatic heterocycles. The highest BCUT2D eigenvalue weighted by Gasteiger charge is 2.22. The first-order valence-corrected chi connectivity index (χ1v) is 17.0. The van der Waals surface area contributed by atoms with E-state index in [1.165, 1.54) is 42.4 Å². The normalized spacial score (nSPS) is 23.7. The Balaban J connectivity index is 1.95. The van der Waals surface area contributed by atoms with Crippen LogP contribution >= 0.6 is 0 Å². The van der Waals surface area contributed by atoms with Crippen molar-refractivity contribution in [3.8, 4) is 0 Å². The summed E-state index contributed by atoms with van der Waals surface area (Å²) in [5.41, 5.74) is 4.23. The highest BCUT2D eigenvalue weighted by molar-refractivity contribution is 5.84. The maximum atomic E-state index is 4.59. The van der Waals surface area contributed by atoms with Crippen molar-refractivity contribution < 1.29 is 0 Å². The zero-order valence-electron chi connectivity index (χ0n) is 28.4. The van der Waals surface area contributed by atoms with Gasteiger partial charge in [-0.15, -0.1) is 0 Å². The van der Waals surface area contributed by atoms with Gasteiger partial charge in [-0.3, -0.25) is 4.99 Å². The molecule has 0 heterocycles. The molecule has 3 N–H and O–H groups in total. The molecular formula is C38H64N4. The molecular weight excluding hydrogens is 512 g/mol. The molecule has 0 aliphatic heterocycles. The molecule has 0 bridgehead atoms. The van der Waals surface area contributed by atoms with Crippen LogP contribution in [0.3, 0.4) is 0 Å². The van der Waals surface area contributed by atoms with Crippen LogP contribution in [0.25, 0.3) is 0 Å². The summed E-state index contributed by atoms with van der Waals surface area (Å²) in [7, 11) is 1.90. The third-order valence-electron chi connectivity index (χ3n) is 9.07. The van der Waals surface area contributed by atoms with Crippen molar-refractivity contribution in [2.24, 2.45) is 28.7 Å². The van der Waals surface area contributed by atoms with Gasteiger partial charge in [0.2, 0.25) is 0 Å². The Morgan fingerprint density at radius 3 is 2.45 bits per heavy atom. The minimum Gasteiger partial charge on any atom is -0.389 e. The SMILES string of the molecule is C=CNC(CC)CCC(C)/C(=N/C)NCc1ccc(C2/C=C\C(CC)=C/C(CCCNC(C)CC(C)C)CC2C)cc1. The van der Waals surface area contributed by atoms with Gasteiger partial charge in [0.15, 0.2) is 0 Å². The van der Waals surface area contributed by atoms with Crippen LogP contribution in [0.15, 0.2) is 65.8 Å². The second kappa shape index (κ2) is 19.8. The Morgan fingerprint density at radius 1 is 1.10 bits per heavy atom. The maximum absolute atomic E-state index is 4.59. The number of rotatable bonds is 18. The Morgan fingerprint density at radius 2 is 1.83 bits per heavy atom. The molecule has 0 spiro atoms. The van der Waals surface area contributed by atoms with Crippen molar-refractivity contribution in [1.29, 1.82) is 0 Å². The van der Waals surface area contributed by atoms with Crippen molar-refractivity contribution in [2.45, 2.75) is 124 Å². The smallest absolute Gasteiger partial charge is 0.0990 e. The Kier molecular flexibility index (Phi) is 16.9. The first-order valence-electron chi connectivity index (χ1n) is 17.0. The maximum Gasteiger partial charge on any atom is 0.0990 e. The van der Waals surface area contributed by atoms with Gasteiger partial charge in [-0.25, -0.2) is 0 Å². The molecule has 0 radical (unpaired) electrons. The summed E-state index contributed by atoms with van der Waals surface area (Å²) in [4.78, 5) is 4.59. The number of hydrogen-bond donors (Lipinski definition) is 3. The molecule has 1 aliphatic carbocycles. The fraction of sp³-hybridized carbons (Fsp3) is 0.658. The minimum atomic E-state index is 0.406. The fourth-order valence-corrected chi connectivity index (χ4v) is 6.53. The Hall–Kier alpha value is -2.33. The molecule has 1 aliphatic rings. The van der Waals surface area contributed by atoms with E-state index >= 15 is 0 Å². The molecule has 1 aromatic rings. The molecule has 236 valence electrons. The predicted molar refractivity (Wildman–Crippen MR) is 186 cm³/mol. The summed E-state index contributed by atoms with van der Waals surface area (Å²) in [6, 6.07) is 10.4. The van der Waals surface area contributed by atoms with E-state index in [-0.39, 0.29) is 0 Å².